The molecule has 0 saturated heterocycles. The van der Waals surface area contributed by atoms with Crippen molar-refractivity contribution in [2.24, 2.45) is 0 Å². The quantitative estimate of drug-likeness (QED) is 0.476. The molecule has 28 heavy (non-hydrogen) atoms. The molecule has 0 spiro atoms. The zero-order chi connectivity index (χ0) is 19.3. The number of carbonyl (C=O) groups is 1. The molecular formula is C20H16N6O2. The summed E-state index contributed by atoms with van der Waals surface area (Å²) in [7, 11) is 0. The number of H-pyrrole nitrogens is 1. The molecule has 0 saturated carbocycles. The van der Waals surface area contributed by atoms with Gasteiger partial charge < -0.3 is 10.4 Å². The monoisotopic (exact) mass is 372 g/mol. The van der Waals surface area contributed by atoms with Crippen molar-refractivity contribution in [1.82, 2.24) is 25.1 Å². The van der Waals surface area contributed by atoms with E-state index in [9.17, 15) is 4.79 Å². The first kappa shape index (κ1) is 17.3. The molecule has 0 unspecified atom stereocenters. The van der Waals surface area contributed by atoms with Crippen LogP contribution in [0.2, 0.25) is 0 Å². The van der Waals surface area contributed by atoms with Gasteiger partial charge in [-0.05, 0) is 23.8 Å². The van der Waals surface area contributed by atoms with Crippen molar-refractivity contribution in [3.05, 3.63) is 78.2 Å². The first-order chi connectivity index (χ1) is 13.7. The molecule has 0 fully saturated rings. The van der Waals surface area contributed by atoms with Gasteiger partial charge in [-0.2, -0.15) is 5.10 Å². The van der Waals surface area contributed by atoms with Crippen molar-refractivity contribution >= 4 is 11.9 Å². The number of aromatic carboxylic acids is 1. The number of carboxylic acids is 1. The predicted octanol–water partition coefficient (Wildman–Crippen LogP) is 3.24. The lowest BCUT2D eigenvalue weighted by molar-refractivity contribution is 0.0697. The fraction of sp³-hybridized carbons (Fsp3) is 0.0500. The topological polar surface area (TPSA) is 117 Å². The smallest absolute Gasteiger partial charge is 0.335 e. The minimum Gasteiger partial charge on any atom is -0.478 e. The van der Waals surface area contributed by atoms with E-state index >= 15 is 0 Å². The van der Waals surface area contributed by atoms with Crippen molar-refractivity contribution in [2.75, 3.05) is 5.32 Å². The van der Waals surface area contributed by atoms with E-state index in [1.807, 2.05) is 30.3 Å². The Morgan fingerprint density at radius 3 is 2.68 bits per heavy atom. The fourth-order valence-corrected chi connectivity index (χ4v) is 2.76. The van der Waals surface area contributed by atoms with Crippen LogP contribution in [0, 0.1) is 0 Å². The third kappa shape index (κ3) is 3.70. The first-order valence-corrected chi connectivity index (χ1v) is 8.55. The van der Waals surface area contributed by atoms with Crippen LogP contribution in [0.25, 0.3) is 22.6 Å². The Balaban J connectivity index is 1.53. The molecule has 0 bridgehead atoms. The standard InChI is InChI=1S/C20H16N6O2/c27-19(28)14-6-8-21-17(10-14)16-7-9-22-20(25-16)23-11-15-12-24-26-18(15)13-4-2-1-3-5-13/h1-10,12H,11H2,(H,24,26)(H,27,28)(H,22,23,25). The van der Waals surface area contributed by atoms with Crippen LogP contribution in [0.4, 0.5) is 5.95 Å². The summed E-state index contributed by atoms with van der Waals surface area (Å²) in [5, 5.41) is 19.5. The third-order valence-corrected chi connectivity index (χ3v) is 4.14. The molecule has 0 aliphatic rings. The molecule has 8 nitrogen and oxygen atoms in total. The van der Waals surface area contributed by atoms with E-state index in [1.165, 1.54) is 18.3 Å². The number of hydrogen-bond acceptors (Lipinski definition) is 6. The van der Waals surface area contributed by atoms with Crippen LogP contribution in [0.3, 0.4) is 0 Å². The Morgan fingerprint density at radius 2 is 1.86 bits per heavy atom. The Labute approximate surface area is 160 Å². The number of hydrogen-bond donors (Lipinski definition) is 3. The summed E-state index contributed by atoms with van der Waals surface area (Å²) in [6, 6.07) is 14.5. The van der Waals surface area contributed by atoms with Gasteiger partial charge in [0.15, 0.2) is 0 Å². The predicted molar refractivity (Wildman–Crippen MR) is 104 cm³/mol. The van der Waals surface area contributed by atoms with Gasteiger partial charge in [0.2, 0.25) is 5.95 Å². The highest BCUT2D eigenvalue weighted by atomic mass is 16.4. The van der Waals surface area contributed by atoms with Crippen LogP contribution in [0.15, 0.2) is 67.1 Å². The molecule has 3 heterocycles. The molecule has 0 atom stereocenters. The summed E-state index contributed by atoms with van der Waals surface area (Å²) in [4.78, 5) is 24.0. The van der Waals surface area contributed by atoms with Crippen LogP contribution in [-0.2, 0) is 6.54 Å². The molecule has 4 rings (SSSR count). The molecule has 3 N–H and O–H groups in total. The van der Waals surface area contributed by atoms with E-state index in [0.29, 0.717) is 23.9 Å². The highest BCUT2D eigenvalue weighted by molar-refractivity contribution is 5.88. The van der Waals surface area contributed by atoms with Gasteiger partial charge >= 0.3 is 5.97 Å². The maximum atomic E-state index is 11.2. The zero-order valence-electron chi connectivity index (χ0n) is 14.7. The molecule has 0 radical (unpaired) electrons. The van der Waals surface area contributed by atoms with Gasteiger partial charge in [-0.3, -0.25) is 10.1 Å². The van der Waals surface area contributed by atoms with E-state index in [-0.39, 0.29) is 5.56 Å². The first-order valence-electron chi connectivity index (χ1n) is 8.55. The Hall–Kier alpha value is -4.07. The van der Waals surface area contributed by atoms with Crippen LogP contribution >= 0.6 is 0 Å². The number of carboxylic acid groups (broad SMARTS) is 1. The number of nitrogens with zero attached hydrogens (tertiary/aromatic N) is 4. The molecule has 4 aromatic rings. The van der Waals surface area contributed by atoms with Crippen molar-refractivity contribution in [3.63, 3.8) is 0 Å². The molecule has 3 aromatic heterocycles. The zero-order valence-corrected chi connectivity index (χ0v) is 14.7. The van der Waals surface area contributed by atoms with Gasteiger partial charge in [0.05, 0.1) is 28.8 Å². The number of anilines is 1. The summed E-state index contributed by atoms with van der Waals surface area (Å²) >= 11 is 0. The van der Waals surface area contributed by atoms with Gasteiger partial charge in [0.1, 0.15) is 0 Å². The average Bonchev–Trinajstić information content (AvgIpc) is 3.22. The third-order valence-electron chi connectivity index (χ3n) is 4.14. The lowest BCUT2D eigenvalue weighted by Gasteiger charge is -2.07. The Bertz CT molecular complexity index is 1110. The largest absolute Gasteiger partial charge is 0.478 e. The van der Waals surface area contributed by atoms with Crippen LogP contribution in [0.1, 0.15) is 15.9 Å². The molecule has 0 amide bonds. The second-order valence-electron chi connectivity index (χ2n) is 5.99. The second kappa shape index (κ2) is 7.67. The maximum absolute atomic E-state index is 11.2. The maximum Gasteiger partial charge on any atom is 0.335 e. The van der Waals surface area contributed by atoms with Crippen LogP contribution in [0.5, 0.6) is 0 Å². The SMILES string of the molecule is O=C(O)c1ccnc(-c2ccnc(NCc3cn[nH]c3-c3ccccc3)n2)c1. The molecule has 0 aliphatic heterocycles. The van der Waals surface area contributed by atoms with Crippen LogP contribution in [-0.4, -0.2) is 36.2 Å². The average molecular weight is 372 g/mol. The van der Waals surface area contributed by atoms with Crippen LogP contribution < -0.4 is 5.32 Å². The molecular weight excluding hydrogens is 356 g/mol. The van der Waals surface area contributed by atoms with Gasteiger partial charge in [-0.15, -0.1) is 0 Å². The number of pyridine rings is 1. The minimum absolute atomic E-state index is 0.157. The van der Waals surface area contributed by atoms with E-state index in [4.69, 9.17) is 5.11 Å². The highest BCUT2D eigenvalue weighted by Crippen LogP contribution is 2.22. The molecule has 138 valence electrons. The van der Waals surface area contributed by atoms with E-state index < -0.39 is 5.97 Å². The fourth-order valence-electron chi connectivity index (χ4n) is 2.76. The number of nitrogens with one attached hydrogen (secondary N) is 2. The summed E-state index contributed by atoms with van der Waals surface area (Å²) < 4.78 is 0. The summed E-state index contributed by atoms with van der Waals surface area (Å²) in [5.41, 5.74) is 4.12. The lowest BCUT2D eigenvalue weighted by Crippen LogP contribution is -2.05. The van der Waals surface area contributed by atoms with Crippen molar-refractivity contribution in [3.8, 4) is 22.6 Å². The normalized spacial score (nSPS) is 10.6. The molecule has 0 aliphatic carbocycles. The van der Waals surface area contributed by atoms with Crippen molar-refractivity contribution in [2.45, 2.75) is 6.54 Å². The van der Waals surface area contributed by atoms with Gasteiger partial charge in [-0.25, -0.2) is 14.8 Å². The number of aromatic nitrogens is 5. The molecule has 8 heteroatoms. The second-order valence-corrected chi connectivity index (χ2v) is 5.99. The minimum atomic E-state index is -1.01. The lowest BCUT2D eigenvalue weighted by atomic mass is 10.1. The Morgan fingerprint density at radius 1 is 1.04 bits per heavy atom. The van der Waals surface area contributed by atoms with Gasteiger partial charge in [0.25, 0.3) is 0 Å². The van der Waals surface area contributed by atoms with Crippen molar-refractivity contribution in [1.29, 1.82) is 0 Å². The summed E-state index contributed by atoms with van der Waals surface area (Å²) in [6.45, 7) is 0.479. The van der Waals surface area contributed by atoms with E-state index in [2.05, 4.69) is 30.5 Å². The van der Waals surface area contributed by atoms with Gasteiger partial charge in [0, 0.05) is 24.5 Å². The van der Waals surface area contributed by atoms with Crippen molar-refractivity contribution < 1.29 is 9.90 Å². The Kier molecular flexibility index (Phi) is 4.75. The highest BCUT2D eigenvalue weighted by Gasteiger charge is 2.10. The summed E-state index contributed by atoms with van der Waals surface area (Å²) in [6.07, 6.45) is 4.82. The summed E-state index contributed by atoms with van der Waals surface area (Å²) in [5.74, 6) is -0.593. The number of rotatable bonds is 6. The molecule has 1 aromatic carbocycles. The van der Waals surface area contributed by atoms with Gasteiger partial charge in [-0.1, -0.05) is 30.3 Å². The van der Waals surface area contributed by atoms with E-state index in [1.54, 1.807) is 18.5 Å². The van der Waals surface area contributed by atoms with E-state index in [0.717, 1.165) is 16.8 Å². The number of benzene rings is 1. The number of aromatic amines is 1.